The predicted molar refractivity (Wildman–Crippen MR) is 247 cm³/mol. The Labute approximate surface area is 340 Å². The van der Waals surface area contributed by atoms with E-state index in [-0.39, 0.29) is 5.41 Å². The summed E-state index contributed by atoms with van der Waals surface area (Å²) >= 11 is 1.86. The van der Waals surface area contributed by atoms with Crippen LogP contribution in [0.1, 0.15) is 25.0 Å². The van der Waals surface area contributed by atoms with Crippen molar-refractivity contribution in [3.05, 3.63) is 199 Å². The second-order valence-electron chi connectivity index (χ2n) is 16.1. The summed E-state index contributed by atoms with van der Waals surface area (Å²) in [7, 11) is 0. The minimum atomic E-state index is -0.193. The first-order chi connectivity index (χ1) is 28.5. The second kappa shape index (κ2) is 12.5. The average molecular weight is 760 g/mol. The maximum atomic E-state index is 6.63. The molecule has 1 aliphatic carbocycles. The molecule has 0 unspecified atom stereocenters. The maximum Gasteiger partial charge on any atom is 0.143 e. The van der Waals surface area contributed by atoms with Crippen LogP contribution in [0.25, 0.3) is 86.3 Å². The van der Waals surface area contributed by atoms with Crippen molar-refractivity contribution in [1.29, 1.82) is 0 Å². The molecular formula is C55H37NOS. The molecule has 2 nitrogen and oxygen atoms in total. The lowest BCUT2D eigenvalue weighted by atomic mass is 9.81. The molecule has 3 heteroatoms. The van der Waals surface area contributed by atoms with Gasteiger partial charge in [-0.3, -0.25) is 0 Å². The minimum Gasteiger partial charge on any atom is -0.455 e. The van der Waals surface area contributed by atoms with E-state index in [0.717, 1.165) is 49.8 Å². The van der Waals surface area contributed by atoms with Crippen LogP contribution in [0.4, 0.5) is 17.1 Å². The first-order valence-corrected chi connectivity index (χ1v) is 20.8. The fraction of sp³-hybridized carbons (Fsp3) is 0.0545. The van der Waals surface area contributed by atoms with E-state index in [1.54, 1.807) is 0 Å². The molecule has 1 aliphatic rings. The summed E-state index contributed by atoms with van der Waals surface area (Å²) in [5.41, 5.74) is 15.1. The van der Waals surface area contributed by atoms with E-state index in [0.29, 0.717) is 0 Å². The van der Waals surface area contributed by atoms with Crippen LogP contribution in [0, 0.1) is 0 Å². The van der Waals surface area contributed by atoms with Crippen LogP contribution in [0.5, 0.6) is 0 Å². The van der Waals surface area contributed by atoms with E-state index >= 15 is 0 Å². The Morgan fingerprint density at radius 3 is 2.10 bits per heavy atom. The van der Waals surface area contributed by atoms with Gasteiger partial charge in [-0.15, -0.1) is 11.3 Å². The molecule has 0 atom stereocenters. The van der Waals surface area contributed by atoms with Gasteiger partial charge in [0.2, 0.25) is 0 Å². The van der Waals surface area contributed by atoms with E-state index in [1.165, 1.54) is 64.6 Å². The van der Waals surface area contributed by atoms with Crippen LogP contribution in [0.2, 0.25) is 0 Å². The highest BCUT2D eigenvalue weighted by atomic mass is 32.1. The van der Waals surface area contributed by atoms with E-state index in [9.17, 15) is 0 Å². The summed E-state index contributed by atoms with van der Waals surface area (Å²) < 4.78 is 9.27. The monoisotopic (exact) mass is 759 g/mol. The Morgan fingerprint density at radius 1 is 0.466 bits per heavy atom. The van der Waals surface area contributed by atoms with Gasteiger partial charge in [-0.05, 0) is 111 Å². The van der Waals surface area contributed by atoms with E-state index < -0.39 is 0 Å². The van der Waals surface area contributed by atoms with Gasteiger partial charge >= 0.3 is 0 Å². The second-order valence-corrected chi connectivity index (χ2v) is 17.1. The van der Waals surface area contributed by atoms with Gasteiger partial charge in [-0.1, -0.05) is 141 Å². The highest BCUT2D eigenvalue weighted by Crippen LogP contribution is 2.54. The third kappa shape index (κ3) is 4.90. The summed E-state index contributed by atoms with van der Waals surface area (Å²) in [5.74, 6) is 0. The lowest BCUT2D eigenvalue weighted by molar-refractivity contribution is 0.661. The molecule has 0 saturated carbocycles. The number of benzene rings is 9. The molecule has 0 N–H and O–H groups in total. The minimum absolute atomic E-state index is 0.193. The van der Waals surface area contributed by atoms with Crippen molar-refractivity contribution in [3.8, 4) is 33.4 Å². The molecule has 274 valence electrons. The summed E-state index contributed by atoms with van der Waals surface area (Å²) in [6.45, 7) is 4.75. The molecule has 2 aromatic heterocycles. The van der Waals surface area contributed by atoms with Gasteiger partial charge in [-0.25, -0.2) is 0 Å². The highest BCUT2D eigenvalue weighted by molar-refractivity contribution is 7.25. The largest absolute Gasteiger partial charge is 0.455 e. The van der Waals surface area contributed by atoms with Gasteiger partial charge in [0, 0.05) is 53.1 Å². The Balaban J connectivity index is 1.04. The molecule has 0 bridgehead atoms. The maximum absolute atomic E-state index is 6.63. The smallest absolute Gasteiger partial charge is 0.143 e. The molecule has 9 aromatic carbocycles. The van der Waals surface area contributed by atoms with Crippen LogP contribution in [-0.2, 0) is 5.41 Å². The summed E-state index contributed by atoms with van der Waals surface area (Å²) in [5, 5.41) is 7.23. The van der Waals surface area contributed by atoms with Gasteiger partial charge in [-0.2, -0.15) is 0 Å². The molecule has 12 rings (SSSR count). The number of thiophene rings is 1. The number of nitrogens with zero attached hydrogens (tertiary/aromatic N) is 1. The van der Waals surface area contributed by atoms with Crippen LogP contribution in [0.3, 0.4) is 0 Å². The van der Waals surface area contributed by atoms with Gasteiger partial charge < -0.3 is 9.32 Å². The summed E-state index contributed by atoms with van der Waals surface area (Å²) in [6.07, 6.45) is 0. The molecule has 0 radical (unpaired) electrons. The standard InChI is InChI=1S/C55H37NOS/c1-55(2)47-20-7-5-16-42(47)44-19-10-21-48(53(44)55)56(38-28-24-34(25-29-38)36-27-31-51-46(33-36)43-17-6-8-23-50(43)58-51)39-14-9-13-37(32-39)40-18-11-22-49-52(40)45-30-26-35-12-3-4-15-41(35)54(45)57-49/h3-33H,1-2H3. The molecule has 0 fully saturated rings. The Morgan fingerprint density at radius 2 is 1.19 bits per heavy atom. The van der Waals surface area contributed by atoms with Gasteiger partial charge in [0.15, 0.2) is 0 Å². The quantitative estimate of drug-likeness (QED) is 0.174. The Kier molecular flexibility index (Phi) is 7.18. The van der Waals surface area contributed by atoms with Crippen molar-refractivity contribution < 1.29 is 4.42 Å². The van der Waals surface area contributed by atoms with Crippen molar-refractivity contribution in [2.24, 2.45) is 0 Å². The Bertz CT molecular complexity index is 3440. The average Bonchev–Trinajstić information content (AvgIpc) is 3.92. The highest BCUT2D eigenvalue weighted by Gasteiger charge is 2.38. The van der Waals surface area contributed by atoms with Crippen molar-refractivity contribution in [2.75, 3.05) is 4.90 Å². The van der Waals surface area contributed by atoms with Gasteiger partial charge in [0.25, 0.3) is 0 Å². The number of furan rings is 1. The van der Waals surface area contributed by atoms with E-state index in [2.05, 4.69) is 207 Å². The Hall–Kier alpha value is -6.94. The first kappa shape index (κ1) is 33.2. The van der Waals surface area contributed by atoms with Crippen LogP contribution in [-0.4, -0.2) is 0 Å². The molecule has 2 heterocycles. The van der Waals surface area contributed by atoms with E-state index in [4.69, 9.17) is 4.42 Å². The van der Waals surface area contributed by atoms with Crippen LogP contribution < -0.4 is 4.90 Å². The fourth-order valence-corrected chi connectivity index (χ4v) is 10.8. The third-order valence-electron chi connectivity index (χ3n) is 12.4. The third-order valence-corrected chi connectivity index (χ3v) is 13.6. The summed E-state index contributed by atoms with van der Waals surface area (Å²) in [6, 6.07) is 68.9. The molecular weight excluding hydrogens is 723 g/mol. The first-order valence-electron chi connectivity index (χ1n) is 20.0. The SMILES string of the molecule is CC1(C)c2ccccc2-c2cccc(N(c3ccc(-c4ccc5sc6ccccc6c5c4)cc3)c3cccc(-c4cccc5oc6c7ccccc7ccc6c45)c3)c21. The van der Waals surface area contributed by atoms with Crippen molar-refractivity contribution in [2.45, 2.75) is 19.3 Å². The molecule has 11 aromatic rings. The van der Waals surface area contributed by atoms with Crippen molar-refractivity contribution in [3.63, 3.8) is 0 Å². The zero-order chi connectivity index (χ0) is 38.5. The van der Waals surface area contributed by atoms with Crippen molar-refractivity contribution >= 4 is 81.3 Å². The van der Waals surface area contributed by atoms with Crippen LogP contribution >= 0.6 is 11.3 Å². The number of hydrogen-bond donors (Lipinski definition) is 0. The van der Waals surface area contributed by atoms with E-state index in [1.807, 2.05) is 11.3 Å². The normalized spacial score (nSPS) is 13.1. The molecule has 0 amide bonds. The lowest BCUT2D eigenvalue weighted by Crippen LogP contribution is -2.20. The van der Waals surface area contributed by atoms with Gasteiger partial charge in [0.05, 0.1) is 5.69 Å². The predicted octanol–water partition coefficient (Wildman–Crippen LogP) is 16.2. The zero-order valence-electron chi connectivity index (χ0n) is 32.2. The number of rotatable bonds is 5. The molecule has 0 saturated heterocycles. The zero-order valence-corrected chi connectivity index (χ0v) is 33.0. The van der Waals surface area contributed by atoms with Gasteiger partial charge in [0.1, 0.15) is 11.2 Å². The van der Waals surface area contributed by atoms with Crippen LogP contribution in [0.15, 0.2) is 192 Å². The molecule has 0 aliphatic heterocycles. The fourth-order valence-electron chi connectivity index (χ4n) is 9.75. The number of anilines is 3. The topological polar surface area (TPSA) is 16.4 Å². The lowest BCUT2D eigenvalue weighted by Gasteiger charge is -2.32. The molecule has 0 spiro atoms. The summed E-state index contributed by atoms with van der Waals surface area (Å²) in [4.78, 5) is 2.47. The molecule has 58 heavy (non-hydrogen) atoms. The number of fused-ring (bicyclic) bond motifs is 11. The van der Waals surface area contributed by atoms with Crippen molar-refractivity contribution in [1.82, 2.24) is 0 Å². The number of hydrogen-bond acceptors (Lipinski definition) is 3.